The number of rotatable bonds is 5. The van der Waals surface area contributed by atoms with Crippen LogP contribution in [-0.2, 0) is 0 Å². The van der Waals surface area contributed by atoms with Gasteiger partial charge in [-0.2, -0.15) is 5.10 Å². The molecule has 33 heavy (non-hydrogen) atoms. The fourth-order valence-corrected chi connectivity index (χ4v) is 3.80. The predicted molar refractivity (Wildman–Crippen MR) is 123 cm³/mol. The number of amides is 2. The summed E-state index contributed by atoms with van der Waals surface area (Å²) in [5, 5.41) is 15.3. The van der Waals surface area contributed by atoms with Crippen molar-refractivity contribution >= 4 is 17.5 Å². The number of nitrogens with zero attached hydrogens (tertiary/aromatic N) is 5. The highest BCUT2D eigenvalue weighted by molar-refractivity contribution is 5.95. The van der Waals surface area contributed by atoms with Crippen molar-refractivity contribution in [3.8, 4) is 5.69 Å². The minimum atomic E-state index is -0.474. The van der Waals surface area contributed by atoms with Gasteiger partial charge in [0.1, 0.15) is 0 Å². The minimum absolute atomic E-state index is 0.0349. The fraction of sp³-hybridized carbons (Fsp3) is 0.292. The van der Waals surface area contributed by atoms with Crippen molar-refractivity contribution in [3.05, 3.63) is 87.7 Å². The third kappa shape index (κ3) is 4.77. The molecule has 0 atom stereocenters. The lowest BCUT2D eigenvalue weighted by Crippen LogP contribution is -2.50. The molecule has 0 spiro atoms. The van der Waals surface area contributed by atoms with Gasteiger partial charge in [-0.05, 0) is 35.7 Å². The maximum absolute atomic E-state index is 12.9. The second kappa shape index (κ2) is 9.23. The molecule has 9 nitrogen and oxygen atoms in total. The summed E-state index contributed by atoms with van der Waals surface area (Å²) in [6.45, 7) is 5.94. The van der Waals surface area contributed by atoms with Gasteiger partial charge in [0, 0.05) is 50.1 Å². The van der Waals surface area contributed by atoms with Gasteiger partial charge in [-0.25, -0.2) is 4.68 Å². The van der Waals surface area contributed by atoms with Gasteiger partial charge in [0.2, 0.25) is 0 Å². The molecule has 0 bridgehead atoms. The van der Waals surface area contributed by atoms with Crippen LogP contribution in [0.2, 0.25) is 0 Å². The second-order valence-corrected chi connectivity index (χ2v) is 8.28. The monoisotopic (exact) mass is 447 g/mol. The highest BCUT2D eigenvalue weighted by Crippen LogP contribution is 2.18. The van der Waals surface area contributed by atoms with Crippen molar-refractivity contribution in [3.63, 3.8) is 0 Å². The molecule has 2 aromatic carbocycles. The highest BCUT2D eigenvalue weighted by Gasteiger charge is 2.26. The largest absolute Gasteiger partial charge is 0.335 e. The molecule has 0 unspecified atom stereocenters. The average Bonchev–Trinajstić information content (AvgIpc) is 3.34. The van der Waals surface area contributed by atoms with Crippen molar-refractivity contribution in [1.29, 1.82) is 0 Å². The summed E-state index contributed by atoms with van der Waals surface area (Å²) in [6, 6.07) is 15.3. The summed E-state index contributed by atoms with van der Waals surface area (Å²) >= 11 is 0. The van der Waals surface area contributed by atoms with Gasteiger partial charge in [-0.3, -0.25) is 19.7 Å². The Morgan fingerprint density at radius 3 is 2.18 bits per heavy atom. The summed E-state index contributed by atoms with van der Waals surface area (Å²) in [5.74, 6) is 0.143. The standard InChI is InChI=1S/C24H25N5O4/c1-17(2)18-6-8-19(9-7-18)23(30)26-12-14-27(15-13-26)24(31)22-10-11-28(25-22)20-4-3-5-21(16-20)29(32)33/h3-11,16-17H,12-15H2,1-2H3. The second-order valence-electron chi connectivity index (χ2n) is 8.28. The van der Waals surface area contributed by atoms with Crippen LogP contribution in [0.1, 0.15) is 46.2 Å². The molecule has 0 radical (unpaired) electrons. The Balaban J connectivity index is 1.38. The molecule has 170 valence electrons. The van der Waals surface area contributed by atoms with Gasteiger partial charge in [-0.15, -0.1) is 0 Å². The van der Waals surface area contributed by atoms with Crippen molar-refractivity contribution in [1.82, 2.24) is 19.6 Å². The zero-order valence-corrected chi connectivity index (χ0v) is 18.5. The zero-order chi connectivity index (χ0) is 23.5. The molecule has 1 fully saturated rings. The Bertz CT molecular complexity index is 1180. The molecule has 0 N–H and O–H groups in total. The topological polar surface area (TPSA) is 102 Å². The van der Waals surface area contributed by atoms with E-state index in [0.29, 0.717) is 43.3 Å². The van der Waals surface area contributed by atoms with Crippen molar-refractivity contribution in [2.75, 3.05) is 26.2 Å². The van der Waals surface area contributed by atoms with Crippen molar-refractivity contribution in [2.24, 2.45) is 0 Å². The summed E-state index contributed by atoms with van der Waals surface area (Å²) < 4.78 is 1.45. The van der Waals surface area contributed by atoms with Crippen LogP contribution in [0, 0.1) is 10.1 Å². The predicted octanol–water partition coefficient (Wildman–Crippen LogP) is 3.50. The SMILES string of the molecule is CC(C)c1ccc(C(=O)N2CCN(C(=O)c3ccn(-c4cccc([N+](=O)[O-])c4)n3)CC2)cc1. The Morgan fingerprint density at radius 2 is 1.58 bits per heavy atom. The van der Waals surface area contributed by atoms with E-state index in [1.807, 2.05) is 24.3 Å². The number of piperazine rings is 1. The molecule has 9 heteroatoms. The van der Waals surface area contributed by atoms with Crippen LogP contribution in [0.15, 0.2) is 60.8 Å². The molecular formula is C24H25N5O4. The zero-order valence-electron chi connectivity index (χ0n) is 18.5. The van der Waals surface area contributed by atoms with Crippen LogP contribution in [0.3, 0.4) is 0 Å². The summed E-state index contributed by atoms with van der Waals surface area (Å²) in [4.78, 5) is 39.7. The van der Waals surface area contributed by atoms with Crippen molar-refractivity contribution < 1.29 is 14.5 Å². The van der Waals surface area contributed by atoms with Gasteiger partial charge >= 0.3 is 0 Å². The number of hydrogen-bond acceptors (Lipinski definition) is 5. The molecule has 2 heterocycles. The van der Waals surface area contributed by atoms with Crippen LogP contribution in [-0.4, -0.2) is 62.5 Å². The Labute approximate surface area is 191 Å². The number of carbonyl (C=O) groups excluding carboxylic acids is 2. The van der Waals surface area contributed by atoms with Gasteiger partial charge in [0.15, 0.2) is 5.69 Å². The number of nitro groups is 1. The summed E-state index contributed by atoms with van der Waals surface area (Å²) in [6.07, 6.45) is 1.60. The Kier molecular flexibility index (Phi) is 6.21. The fourth-order valence-electron chi connectivity index (χ4n) is 3.80. The normalized spacial score (nSPS) is 13.9. The van der Waals surface area contributed by atoms with E-state index in [2.05, 4.69) is 18.9 Å². The first kappa shape index (κ1) is 22.2. The van der Waals surface area contributed by atoms with Crippen LogP contribution in [0.4, 0.5) is 5.69 Å². The van der Waals surface area contributed by atoms with E-state index in [9.17, 15) is 19.7 Å². The molecule has 1 saturated heterocycles. The average molecular weight is 447 g/mol. The number of carbonyl (C=O) groups is 2. The van der Waals surface area contributed by atoms with Crippen LogP contribution < -0.4 is 0 Å². The summed E-state index contributed by atoms with van der Waals surface area (Å²) in [5.41, 5.74) is 2.55. The number of nitro benzene ring substituents is 1. The van der Waals surface area contributed by atoms with Crippen molar-refractivity contribution in [2.45, 2.75) is 19.8 Å². The molecule has 0 aliphatic carbocycles. The highest BCUT2D eigenvalue weighted by atomic mass is 16.6. The van der Waals surface area contributed by atoms with E-state index in [1.165, 1.54) is 22.4 Å². The lowest BCUT2D eigenvalue weighted by molar-refractivity contribution is -0.384. The van der Waals surface area contributed by atoms with Gasteiger partial charge in [0.25, 0.3) is 17.5 Å². The van der Waals surface area contributed by atoms with E-state index in [0.717, 1.165) is 0 Å². The molecule has 1 aliphatic heterocycles. The third-order valence-corrected chi connectivity index (χ3v) is 5.79. The van der Waals surface area contributed by atoms with E-state index in [4.69, 9.17) is 0 Å². The van der Waals surface area contributed by atoms with Gasteiger partial charge in [-0.1, -0.05) is 32.0 Å². The number of benzene rings is 2. The molecule has 3 aromatic rings. The summed E-state index contributed by atoms with van der Waals surface area (Å²) in [7, 11) is 0. The molecule has 4 rings (SSSR count). The number of hydrogen-bond donors (Lipinski definition) is 0. The molecule has 2 amide bonds. The molecular weight excluding hydrogens is 422 g/mol. The quantitative estimate of drug-likeness (QED) is 0.440. The van der Waals surface area contributed by atoms with Gasteiger partial charge in [0.05, 0.1) is 10.6 Å². The maximum atomic E-state index is 12.9. The van der Waals surface area contributed by atoms with E-state index < -0.39 is 4.92 Å². The third-order valence-electron chi connectivity index (χ3n) is 5.79. The van der Waals surface area contributed by atoms with E-state index in [-0.39, 0.29) is 23.2 Å². The minimum Gasteiger partial charge on any atom is -0.335 e. The van der Waals surface area contributed by atoms with Crippen LogP contribution in [0.5, 0.6) is 0 Å². The first-order valence-electron chi connectivity index (χ1n) is 10.8. The Morgan fingerprint density at radius 1 is 0.939 bits per heavy atom. The smallest absolute Gasteiger partial charge is 0.274 e. The van der Waals surface area contributed by atoms with E-state index in [1.54, 1.807) is 34.2 Å². The van der Waals surface area contributed by atoms with E-state index >= 15 is 0 Å². The first-order valence-corrected chi connectivity index (χ1v) is 10.8. The molecule has 1 aromatic heterocycles. The van der Waals surface area contributed by atoms with Gasteiger partial charge < -0.3 is 9.80 Å². The maximum Gasteiger partial charge on any atom is 0.274 e. The lowest BCUT2D eigenvalue weighted by Gasteiger charge is -2.34. The number of aromatic nitrogens is 2. The van der Waals surface area contributed by atoms with Crippen LogP contribution in [0.25, 0.3) is 5.69 Å². The number of non-ortho nitro benzene ring substituents is 1. The molecule has 1 aliphatic rings. The first-order chi connectivity index (χ1) is 15.8. The van der Waals surface area contributed by atoms with Crippen LogP contribution >= 0.6 is 0 Å². The molecule has 0 saturated carbocycles. The lowest BCUT2D eigenvalue weighted by atomic mass is 10.0. The Hall–Kier alpha value is -4.01.